The van der Waals surface area contributed by atoms with Crippen LogP contribution in [-0.4, -0.2) is 96.1 Å². The quantitative estimate of drug-likeness (QED) is 0.513. The van der Waals surface area contributed by atoms with E-state index in [1.807, 2.05) is 14.0 Å². The summed E-state index contributed by atoms with van der Waals surface area (Å²) in [4.78, 5) is 57.8. The van der Waals surface area contributed by atoms with Gasteiger partial charge in [0.2, 0.25) is 18.0 Å². The van der Waals surface area contributed by atoms with Crippen LogP contribution in [0.15, 0.2) is 29.2 Å². The lowest BCUT2D eigenvalue weighted by atomic mass is 10.1. The number of piperazine rings is 1. The lowest BCUT2D eigenvalue weighted by Gasteiger charge is -2.44. The van der Waals surface area contributed by atoms with Gasteiger partial charge in [-0.2, -0.15) is 0 Å². The molecule has 2 atom stereocenters. The summed E-state index contributed by atoms with van der Waals surface area (Å²) in [7, 11) is 1.94. The molecule has 1 aromatic carbocycles. The number of benzene rings is 1. The number of hydrogen-bond donors (Lipinski definition) is 1. The van der Waals surface area contributed by atoms with Crippen LogP contribution in [0.3, 0.4) is 0 Å². The van der Waals surface area contributed by atoms with Crippen molar-refractivity contribution in [3.8, 4) is 5.75 Å². The van der Waals surface area contributed by atoms with E-state index in [0.717, 1.165) is 6.07 Å². The van der Waals surface area contributed by atoms with Gasteiger partial charge in [0, 0.05) is 56.6 Å². The van der Waals surface area contributed by atoms with Crippen LogP contribution >= 0.6 is 0 Å². The molecule has 0 saturated carbocycles. The van der Waals surface area contributed by atoms with Crippen LogP contribution in [0.1, 0.15) is 39.8 Å². The van der Waals surface area contributed by atoms with Gasteiger partial charge >= 0.3 is 6.09 Å². The predicted molar refractivity (Wildman–Crippen MR) is 139 cm³/mol. The molecule has 220 valence electrons. The van der Waals surface area contributed by atoms with Crippen LogP contribution < -0.4 is 15.5 Å². The third kappa shape index (κ3) is 5.88. The van der Waals surface area contributed by atoms with Gasteiger partial charge in [0.25, 0.3) is 11.8 Å². The SMILES string of the molecule is C[C@@H]1CCO[C@H]2Cn3cc(C(=O)NCc4ccc(F)cc4F)c(=O)c(OCOC(=O)N4CCN(C)CC4)c3C(=O)N12. The number of pyridine rings is 1. The van der Waals surface area contributed by atoms with E-state index in [1.165, 1.54) is 26.6 Å². The highest BCUT2D eigenvalue weighted by Gasteiger charge is 2.41. The summed E-state index contributed by atoms with van der Waals surface area (Å²) >= 11 is 0. The summed E-state index contributed by atoms with van der Waals surface area (Å²) in [6.07, 6.45) is 0.584. The minimum absolute atomic E-state index is 0.0144. The first kappa shape index (κ1) is 28.5. The number of aromatic nitrogens is 1. The van der Waals surface area contributed by atoms with Gasteiger partial charge in [-0.3, -0.25) is 14.4 Å². The van der Waals surface area contributed by atoms with Crippen molar-refractivity contribution in [2.45, 2.75) is 38.7 Å². The Morgan fingerprint density at radius 1 is 1.15 bits per heavy atom. The molecule has 0 spiro atoms. The molecule has 14 heteroatoms. The average Bonchev–Trinajstić information content (AvgIpc) is 2.93. The van der Waals surface area contributed by atoms with Crippen molar-refractivity contribution < 1.29 is 37.4 Å². The zero-order chi connectivity index (χ0) is 29.3. The minimum Gasteiger partial charge on any atom is -0.451 e. The molecule has 2 aromatic rings. The van der Waals surface area contributed by atoms with Gasteiger partial charge in [0.15, 0.2) is 11.9 Å². The molecule has 12 nitrogen and oxygen atoms in total. The Balaban J connectivity index is 1.40. The first-order valence-corrected chi connectivity index (χ1v) is 13.3. The maximum atomic E-state index is 14.1. The summed E-state index contributed by atoms with van der Waals surface area (Å²) in [5, 5.41) is 2.45. The van der Waals surface area contributed by atoms with E-state index < -0.39 is 53.7 Å². The van der Waals surface area contributed by atoms with Crippen molar-refractivity contribution >= 4 is 17.9 Å². The van der Waals surface area contributed by atoms with Crippen molar-refractivity contribution in [3.05, 3.63) is 63.1 Å². The van der Waals surface area contributed by atoms with Gasteiger partial charge in [-0.25, -0.2) is 13.6 Å². The van der Waals surface area contributed by atoms with Crippen molar-refractivity contribution in [3.63, 3.8) is 0 Å². The van der Waals surface area contributed by atoms with Gasteiger partial charge in [-0.05, 0) is 26.5 Å². The minimum atomic E-state index is -0.902. The maximum Gasteiger partial charge on any atom is 0.412 e. The molecule has 3 amide bonds. The van der Waals surface area contributed by atoms with Crippen molar-refractivity contribution in [1.82, 2.24) is 24.6 Å². The van der Waals surface area contributed by atoms with Gasteiger partial charge in [0.1, 0.15) is 17.2 Å². The molecule has 1 aromatic heterocycles. The van der Waals surface area contributed by atoms with Crippen LogP contribution in [-0.2, 0) is 22.6 Å². The molecule has 3 aliphatic heterocycles. The fourth-order valence-electron chi connectivity index (χ4n) is 5.09. The number of likely N-dealkylation sites (N-methyl/N-ethyl adjacent to an activating group) is 1. The van der Waals surface area contributed by atoms with Crippen LogP contribution in [0.25, 0.3) is 0 Å². The van der Waals surface area contributed by atoms with Gasteiger partial charge in [0.05, 0.1) is 13.2 Å². The largest absolute Gasteiger partial charge is 0.451 e. The van der Waals surface area contributed by atoms with Crippen LogP contribution in [0.5, 0.6) is 5.75 Å². The molecule has 3 aliphatic rings. The second-order valence-corrected chi connectivity index (χ2v) is 10.3. The van der Waals surface area contributed by atoms with E-state index in [4.69, 9.17) is 14.2 Å². The van der Waals surface area contributed by atoms with Gasteiger partial charge in [-0.15, -0.1) is 0 Å². The van der Waals surface area contributed by atoms with Gasteiger partial charge in [-0.1, -0.05) is 6.07 Å². The van der Waals surface area contributed by atoms with Crippen molar-refractivity contribution in [1.29, 1.82) is 0 Å². The third-order valence-corrected chi connectivity index (χ3v) is 7.51. The van der Waals surface area contributed by atoms with E-state index in [9.17, 15) is 28.0 Å². The predicted octanol–water partition coefficient (Wildman–Crippen LogP) is 1.37. The normalized spacial score (nSPS) is 20.7. The Morgan fingerprint density at radius 3 is 2.63 bits per heavy atom. The third-order valence-electron chi connectivity index (χ3n) is 7.51. The molecular formula is C27H31F2N5O7. The number of carbonyl (C=O) groups is 3. The molecule has 0 radical (unpaired) electrons. The van der Waals surface area contributed by atoms with Crippen LogP contribution in [0.4, 0.5) is 13.6 Å². The highest BCUT2D eigenvalue weighted by Crippen LogP contribution is 2.30. The number of halogens is 2. The first-order valence-electron chi connectivity index (χ1n) is 13.3. The fraction of sp³-hybridized carbons (Fsp3) is 0.481. The van der Waals surface area contributed by atoms with Crippen molar-refractivity contribution in [2.24, 2.45) is 0 Å². The average molecular weight is 576 g/mol. The van der Waals surface area contributed by atoms with E-state index in [-0.39, 0.29) is 36.0 Å². The number of fused-ring (bicyclic) bond motifs is 2. The highest BCUT2D eigenvalue weighted by atomic mass is 19.1. The number of carbonyl (C=O) groups excluding carboxylic acids is 3. The molecule has 5 rings (SSSR count). The van der Waals surface area contributed by atoms with Crippen molar-refractivity contribution in [2.75, 3.05) is 46.6 Å². The Labute approximate surface area is 234 Å². The zero-order valence-electron chi connectivity index (χ0n) is 22.7. The monoisotopic (exact) mass is 575 g/mol. The molecule has 0 bridgehead atoms. The van der Waals surface area contributed by atoms with Crippen LogP contribution in [0.2, 0.25) is 0 Å². The lowest BCUT2D eigenvalue weighted by molar-refractivity contribution is -0.112. The lowest BCUT2D eigenvalue weighted by Crippen LogP contribution is -2.57. The summed E-state index contributed by atoms with van der Waals surface area (Å²) in [6, 6.07) is 2.76. The summed E-state index contributed by atoms with van der Waals surface area (Å²) < 4.78 is 45.4. The number of amides is 3. The van der Waals surface area contributed by atoms with E-state index in [0.29, 0.717) is 45.3 Å². The van der Waals surface area contributed by atoms with E-state index in [1.54, 1.807) is 0 Å². The summed E-state index contributed by atoms with van der Waals surface area (Å²) in [6.45, 7) is 3.72. The number of hydrogen-bond acceptors (Lipinski definition) is 8. The fourth-order valence-corrected chi connectivity index (χ4v) is 5.09. The highest BCUT2D eigenvalue weighted by molar-refractivity contribution is 5.99. The molecule has 2 fully saturated rings. The first-order chi connectivity index (χ1) is 19.6. The van der Waals surface area contributed by atoms with Gasteiger partial charge < -0.3 is 38.8 Å². The molecular weight excluding hydrogens is 544 g/mol. The summed E-state index contributed by atoms with van der Waals surface area (Å²) in [5.41, 5.74) is -1.36. The molecule has 41 heavy (non-hydrogen) atoms. The number of ether oxygens (including phenoxy) is 3. The molecule has 0 aliphatic carbocycles. The Morgan fingerprint density at radius 2 is 1.90 bits per heavy atom. The topological polar surface area (TPSA) is 123 Å². The smallest absolute Gasteiger partial charge is 0.412 e. The number of nitrogens with one attached hydrogen (secondary N) is 1. The molecule has 1 N–H and O–H groups in total. The van der Waals surface area contributed by atoms with E-state index >= 15 is 0 Å². The molecule has 0 unspecified atom stereocenters. The number of nitrogens with zero attached hydrogens (tertiary/aromatic N) is 4. The Kier molecular flexibility index (Phi) is 8.22. The number of rotatable bonds is 6. The Bertz CT molecular complexity index is 1410. The van der Waals surface area contributed by atoms with Crippen LogP contribution in [0, 0.1) is 11.6 Å². The zero-order valence-corrected chi connectivity index (χ0v) is 22.7. The second kappa shape index (κ2) is 11.8. The molecule has 2 saturated heterocycles. The Hall–Kier alpha value is -4.04. The summed E-state index contributed by atoms with van der Waals surface area (Å²) in [5.74, 6) is -3.45. The standard InChI is InChI=1S/C27H31F2N5O7/c1-16-5-10-39-21-14-33-13-19(25(36)30-12-17-3-4-18(28)11-20(17)29)23(35)24(22(33)26(37)34(16)21)40-15-41-27(38)32-8-6-31(2)7-9-32/h3-4,11,13,16,21H,5-10,12,14-15H2,1-2H3,(H,30,36)/t16-,21+/m1/s1. The van der Waals surface area contributed by atoms with E-state index in [2.05, 4.69) is 10.2 Å². The molecule has 4 heterocycles. The maximum absolute atomic E-state index is 14.1. The second-order valence-electron chi connectivity index (χ2n) is 10.3.